The highest BCUT2D eigenvalue weighted by molar-refractivity contribution is 5.96. The molecule has 1 aliphatic heterocycles. The third-order valence-corrected chi connectivity index (χ3v) is 3.85. The van der Waals surface area contributed by atoms with Crippen molar-refractivity contribution in [2.24, 2.45) is 0 Å². The summed E-state index contributed by atoms with van der Waals surface area (Å²) < 4.78 is 0. The van der Waals surface area contributed by atoms with E-state index in [4.69, 9.17) is 0 Å². The molecule has 2 aromatic rings. The van der Waals surface area contributed by atoms with Crippen LogP contribution < -0.4 is 15.8 Å². The average molecular weight is 312 g/mol. The van der Waals surface area contributed by atoms with Crippen molar-refractivity contribution in [3.63, 3.8) is 0 Å². The number of fused-ring (bicyclic) bond motifs is 1. The number of benzene rings is 1. The van der Waals surface area contributed by atoms with E-state index in [1.165, 1.54) is 12.1 Å². The minimum absolute atomic E-state index is 0.114. The topological polar surface area (TPSA) is 95.2 Å². The largest absolute Gasteiger partial charge is 0.347 e. The van der Waals surface area contributed by atoms with Gasteiger partial charge in [-0.25, -0.2) is 5.10 Å². The van der Waals surface area contributed by atoms with Gasteiger partial charge in [0.05, 0.1) is 0 Å². The van der Waals surface area contributed by atoms with Crippen molar-refractivity contribution in [2.75, 3.05) is 11.9 Å². The molecule has 0 radical (unpaired) electrons. The number of aromatic nitrogens is 2. The maximum atomic E-state index is 12.0. The first kappa shape index (κ1) is 15.0. The molecule has 23 heavy (non-hydrogen) atoms. The maximum absolute atomic E-state index is 12.0. The summed E-state index contributed by atoms with van der Waals surface area (Å²) in [5.74, 6) is -0.242. The highest BCUT2D eigenvalue weighted by Gasteiger charge is 2.20. The molecule has 2 amide bonds. The molecule has 0 unspecified atom stereocenters. The van der Waals surface area contributed by atoms with Crippen LogP contribution in [-0.4, -0.2) is 29.1 Å². The molecule has 0 aliphatic carbocycles. The molecule has 3 rings (SSSR count). The molecule has 7 nitrogen and oxygen atoms in total. The Hall–Kier alpha value is -2.96. The van der Waals surface area contributed by atoms with Crippen molar-refractivity contribution >= 4 is 17.5 Å². The van der Waals surface area contributed by atoms with Gasteiger partial charge in [0.1, 0.15) is 5.69 Å². The second-order valence-electron chi connectivity index (χ2n) is 5.40. The summed E-state index contributed by atoms with van der Waals surface area (Å²) in [7, 11) is 1.77. The highest BCUT2D eigenvalue weighted by Crippen LogP contribution is 2.27. The van der Waals surface area contributed by atoms with Crippen molar-refractivity contribution in [3.8, 4) is 0 Å². The van der Waals surface area contributed by atoms with E-state index in [0.717, 1.165) is 16.8 Å². The van der Waals surface area contributed by atoms with Gasteiger partial charge in [-0.1, -0.05) is 12.1 Å². The molecule has 118 valence electrons. The lowest BCUT2D eigenvalue weighted by molar-refractivity contribution is -0.118. The number of nitrogens with one attached hydrogen (secondary N) is 2. The minimum Gasteiger partial charge on any atom is -0.347 e. The molecule has 7 heteroatoms. The summed E-state index contributed by atoms with van der Waals surface area (Å²) >= 11 is 0. The van der Waals surface area contributed by atoms with Gasteiger partial charge in [-0.05, 0) is 29.7 Å². The van der Waals surface area contributed by atoms with Gasteiger partial charge in [0.2, 0.25) is 5.91 Å². The quantitative estimate of drug-likeness (QED) is 0.868. The maximum Gasteiger partial charge on any atom is 0.271 e. The number of carbonyl (C=O) groups excluding carboxylic acids is 2. The third kappa shape index (κ3) is 3.13. The molecular weight excluding hydrogens is 296 g/mol. The molecule has 0 saturated carbocycles. The number of anilines is 1. The molecule has 1 aliphatic rings. The number of aryl methyl sites for hydroxylation is 1. The van der Waals surface area contributed by atoms with Gasteiger partial charge >= 0.3 is 0 Å². The van der Waals surface area contributed by atoms with Crippen molar-refractivity contribution < 1.29 is 9.59 Å². The first-order valence-corrected chi connectivity index (χ1v) is 7.27. The van der Waals surface area contributed by atoms with Crippen molar-refractivity contribution in [1.82, 2.24) is 15.5 Å². The summed E-state index contributed by atoms with van der Waals surface area (Å²) in [5.41, 5.74) is 2.77. The zero-order valence-corrected chi connectivity index (χ0v) is 12.6. The number of rotatable bonds is 3. The Morgan fingerprint density at radius 1 is 1.26 bits per heavy atom. The lowest BCUT2D eigenvalue weighted by Crippen LogP contribution is -2.31. The van der Waals surface area contributed by atoms with Gasteiger partial charge in [0.15, 0.2) is 0 Å². The van der Waals surface area contributed by atoms with Gasteiger partial charge in [0.25, 0.3) is 11.5 Å². The first-order valence-electron chi connectivity index (χ1n) is 7.27. The molecule has 0 fully saturated rings. The number of amides is 2. The van der Waals surface area contributed by atoms with Crippen molar-refractivity contribution in [2.45, 2.75) is 19.4 Å². The van der Waals surface area contributed by atoms with Gasteiger partial charge in [-0.2, -0.15) is 5.10 Å². The van der Waals surface area contributed by atoms with Crippen LogP contribution in [0.25, 0.3) is 0 Å². The van der Waals surface area contributed by atoms with E-state index in [0.29, 0.717) is 19.4 Å². The fourth-order valence-corrected chi connectivity index (χ4v) is 2.56. The minimum atomic E-state index is -0.355. The molecule has 0 spiro atoms. The Balaban J connectivity index is 1.69. The zero-order valence-electron chi connectivity index (χ0n) is 12.6. The van der Waals surface area contributed by atoms with E-state index < -0.39 is 0 Å². The van der Waals surface area contributed by atoms with E-state index in [1.807, 2.05) is 18.2 Å². The summed E-state index contributed by atoms with van der Waals surface area (Å²) in [6.07, 6.45) is 1.21. The monoisotopic (exact) mass is 312 g/mol. The van der Waals surface area contributed by atoms with Crippen LogP contribution in [0.2, 0.25) is 0 Å². The smallest absolute Gasteiger partial charge is 0.271 e. The second-order valence-corrected chi connectivity index (χ2v) is 5.40. The predicted octanol–water partition coefficient (Wildman–Crippen LogP) is 0.609. The van der Waals surface area contributed by atoms with Crippen LogP contribution in [0, 0.1) is 0 Å². The Morgan fingerprint density at radius 2 is 2.09 bits per heavy atom. The van der Waals surface area contributed by atoms with E-state index in [-0.39, 0.29) is 23.1 Å². The summed E-state index contributed by atoms with van der Waals surface area (Å²) in [6.45, 7) is 0.352. The molecule has 2 N–H and O–H groups in total. The molecule has 0 saturated heterocycles. The normalized spacial score (nSPS) is 13.6. The van der Waals surface area contributed by atoms with E-state index in [2.05, 4.69) is 15.5 Å². The van der Waals surface area contributed by atoms with Crippen LogP contribution in [-0.2, 0) is 17.8 Å². The van der Waals surface area contributed by atoms with Crippen molar-refractivity contribution in [3.05, 3.63) is 57.5 Å². The van der Waals surface area contributed by atoms with Gasteiger partial charge in [-0.3, -0.25) is 14.4 Å². The second kappa shape index (κ2) is 6.04. The predicted molar refractivity (Wildman–Crippen MR) is 84.2 cm³/mol. The fourth-order valence-electron chi connectivity index (χ4n) is 2.56. The molecule has 2 heterocycles. The van der Waals surface area contributed by atoms with Crippen molar-refractivity contribution in [1.29, 1.82) is 0 Å². The number of hydrogen-bond donors (Lipinski definition) is 2. The molecule has 1 aromatic heterocycles. The number of nitrogens with zero attached hydrogens (tertiary/aromatic N) is 2. The Bertz CT molecular complexity index is 808. The number of aromatic amines is 1. The van der Waals surface area contributed by atoms with Crippen LogP contribution in [0.4, 0.5) is 5.69 Å². The van der Waals surface area contributed by atoms with Crippen LogP contribution in [0.1, 0.15) is 28.0 Å². The molecule has 0 bridgehead atoms. The summed E-state index contributed by atoms with van der Waals surface area (Å²) in [6, 6.07) is 8.41. The van der Waals surface area contributed by atoms with Crippen LogP contribution in [0.3, 0.4) is 0 Å². The van der Waals surface area contributed by atoms with Gasteiger partial charge in [-0.15, -0.1) is 0 Å². The summed E-state index contributed by atoms with van der Waals surface area (Å²) in [5, 5.41) is 8.67. The molecule has 0 atom stereocenters. The van der Waals surface area contributed by atoms with Crippen LogP contribution >= 0.6 is 0 Å². The number of hydrogen-bond acceptors (Lipinski definition) is 4. The number of H-pyrrole nitrogens is 1. The molecular formula is C16H16N4O3. The highest BCUT2D eigenvalue weighted by atomic mass is 16.2. The van der Waals surface area contributed by atoms with Crippen LogP contribution in [0.5, 0.6) is 0 Å². The Morgan fingerprint density at radius 3 is 2.83 bits per heavy atom. The van der Waals surface area contributed by atoms with E-state index in [9.17, 15) is 14.4 Å². The average Bonchev–Trinajstić information content (AvgIpc) is 2.56. The number of carbonyl (C=O) groups is 2. The Kier molecular flexibility index (Phi) is 3.92. The van der Waals surface area contributed by atoms with Gasteiger partial charge in [0, 0.05) is 31.8 Å². The first-order chi connectivity index (χ1) is 11.0. The Labute approximate surface area is 132 Å². The summed E-state index contributed by atoms with van der Waals surface area (Å²) in [4.78, 5) is 36.2. The lowest BCUT2D eigenvalue weighted by atomic mass is 9.99. The fraction of sp³-hybridized carbons (Fsp3) is 0.250. The van der Waals surface area contributed by atoms with Gasteiger partial charge < -0.3 is 10.2 Å². The molecule has 1 aromatic carbocycles. The van der Waals surface area contributed by atoms with E-state index >= 15 is 0 Å². The van der Waals surface area contributed by atoms with E-state index in [1.54, 1.807) is 11.9 Å². The standard InChI is InChI=1S/C16H16N4O3/c1-20-13-5-2-10(8-11(13)3-7-15(20)22)9-17-16(23)12-4-6-14(21)19-18-12/h2,4-6,8H,3,7,9H2,1H3,(H,17,23)(H,19,21). The lowest BCUT2D eigenvalue weighted by Gasteiger charge is -2.26. The SMILES string of the molecule is CN1C(=O)CCc2cc(CNC(=O)c3ccc(=O)[nH]n3)ccc21. The third-order valence-electron chi connectivity index (χ3n) is 3.85. The zero-order chi connectivity index (χ0) is 16.4. The van der Waals surface area contributed by atoms with Crippen LogP contribution in [0.15, 0.2) is 35.1 Å².